The lowest BCUT2D eigenvalue weighted by Crippen LogP contribution is -2.48. The first-order chi connectivity index (χ1) is 14.4. The number of nitrogens with one attached hydrogen (secondary N) is 1. The Balaban J connectivity index is 0.000000469. The minimum absolute atomic E-state index is 0.0379. The van der Waals surface area contributed by atoms with E-state index in [1.165, 1.54) is 45.2 Å². The molecular weight excluding hydrogens is 390 g/mol. The summed E-state index contributed by atoms with van der Waals surface area (Å²) in [6, 6.07) is 8.26. The van der Waals surface area contributed by atoms with Gasteiger partial charge in [0.1, 0.15) is 5.75 Å². The van der Waals surface area contributed by atoms with Crippen LogP contribution in [0, 0.1) is 0 Å². The lowest BCUT2D eigenvalue weighted by molar-refractivity contribution is -0.159. The molecular formula is C21H31N3O6. The van der Waals surface area contributed by atoms with Crippen LogP contribution in [0.3, 0.4) is 0 Å². The largest absolute Gasteiger partial charge is 0.495 e. The number of carbonyl (C=O) groups is 3. The number of benzene rings is 1. The molecule has 2 saturated heterocycles. The summed E-state index contributed by atoms with van der Waals surface area (Å²) in [4.78, 5) is 35.4. The number of aliphatic carboxylic acids is 2. The number of hydrogen-bond acceptors (Lipinski definition) is 6. The van der Waals surface area contributed by atoms with Gasteiger partial charge >= 0.3 is 11.9 Å². The molecule has 0 spiro atoms. The number of rotatable bonds is 5. The first kappa shape index (κ1) is 23.6. The Kier molecular flexibility index (Phi) is 9.56. The van der Waals surface area contributed by atoms with Gasteiger partial charge in [0.15, 0.2) is 0 Å². The minimum atomic E-state index is -1.82. The van der Waals surface area contributed by atoms with Gasteiger partial charge in [-0.1, -0.05) is 18.6 Å². The summed E-state index contributed by atoms with van der Waals surface area (Å²) in [5.41, 5.74) is 0.744. The molecule has 9 heteroatoms. The van der Waals surface area contributed by atoms with E-state index in [1.807, 2.05) is 24.3 Å². The van der Waals surface area contributed by atoms with Crippen LogP contribution in [-0.4, -0.2) is 83.7 Å². The molecule has 0 aliphatic carbocycles. The molecule has 0 aromatic heterocycles. The van der Waals surface area contributed by atoms with Crippen molar-refractivity contribution in [2.45, 2.75) is 38.1 Å². The third-order valence-corrected chi connectivity index (χ3v) is 5.40. The summed E-state index contributed by atoms with van der Waals surface area (Å²) in [7, 11) is 1.62. The first-order valence-electron chi connectivity index (χ1n) is 10.3. The van der Waals surface area contributed by atoms with Crippen LogP contribution in [0.5, 0.6) is 5.75 Å². The molecule has 1 aromatic rings. The third-order valence-electron chi connectivity index (χ3n) is 5.40. The number of amides is 1. The number of piperidine rings is 2. The number of likely N-dealkylation sites (tertiary alicyclic amines) is 2. The van der Waals surface area contributed by atoms with E-state index in [1.54, 1.807) is 7.11 Å². The molecule has 0 bridgehead atoms. The Morgan fingerprint density at radius 1 is 1.00 bits per heavy atom. The number of para-hydroxylation sites is 2. The van der Waals surface area contributed by atoms with Gasteiger partial charge in [-0.25, -0.2) is 9.59 Å². The standard InChI is InChI=1S/C19H29N3O2.C2H2O4/c1-24-18-8-4-3-7-17(18)20-19(23)15-21-13-9-16(10-14-21)22-11-5-2-6-12-22;3-1(4)2(5)6/h3-4,7-8,16H,2,5-6,9-15H2,1H3,(H,20,23);(H,3,4)(H,5,6). The topological polar surface area (TPSA) is 119 Å². The van der Waals surface area contributed by atoms with Gasteiger partial charge in [0, 0.05) is 19.1 Å². The minimum Gasteiger partial charge on any atom is -0.495 e. The van der Waals surface area contributed by atoms with Crippen LogP contribution >= 0.6 is 0 Å². The Morgan fingerprint density at radius 2 is 1.60 bits per heavy atom. The van der Waals surface area contributed by atoms with Crippen molar-refractivity contribution in [3.05, 3.63) is 24.3 Å². The van der Waals surface area contributed by atoms with Crippen LogP contribution in [0.4, 0.5) is 5.69 Å². The maximum Gasteiger partial charge on any atom is 0.414 e. The van der Waals surface area contributed by atoms with Crippen LogP contribution in [0.2, 0.25) is 0 Å². The van der Waals surface area contributed by atoms with Crippen molar-refractivity contribution in [1.82, 2.24) is 9.80 Å². The molecule has 0 unspecified atom stereocenters. The van der Waals surface area contributed by atoms with Crippen molar-refractivity contribution < 1.29 is 29.3 Å². The maximum atomic E-state index is 12.3. The van der Waals surface area contributed by atoms with Gasteiger partial charge in [0.05, 0.1) is 19.3 Å². The van der Waals surface area contributed by atoms with Crippen LogP contribution in [-0.2, 0) is 14.4 Å². The second kappa shape index (κ2) is 12.1. The van der Waals surface area contributed by atoms with Crippen LogP contribution in [0.1, 0.15) is 32.1 Å². The molecule has 0 saturated carbocycles. The molecule has 166 valence electrons. The predicted octanol–water partition coefficient (Wildman–Crippen LogP) is 1.74. The molecule has 3 N–H and O–H groups in total. The Hall–Kier alpha value is -2.65. The van der Waals surface area contributed by atoms with Crippen LogP contribution < -0.4 is 10.1 Å². The van der Waals surface area contributed by atoms with E-state index >= 15 is 0 Å². The van der Waals surface area contributed by atoms with Crippen molar-refractivity contribution in [2.75, 3.05) is 45.2 Å². The summed E-state index contributed by atoms with van der Waals surface area (Å²) in [6.45, 7) is 5.02. The molecule has 9 nitrogen and oxygen atoms in total. The van der Waals surface area contributed by atoms with Crippen LogP contribution in [0.25, 0.3) is 0 Å². The van der Waals surface area contributed by atoms with Gasteiger partial charge in [-0.2, -0.15) is 0 Å². The van der Waals surface area contributed by atoms with E-state index in [0.29, 0.717) is 12.3 Å². The van der Waals surface area contributed by atoms with Gasteiger partial charge in [0.25, 0.3) is 0 Å². The molecule has 2 aliphatic rings. The smallest absolute Gasteiger partial charge is 0.414 e. The molecule has 3 rings (SSSR count). The van der Waals surface area contributed by atoms with Crippen molar-refractivity contribution in [1.29, 1.82) is 0 Å². The number of nitrogens with zero attached hydrogens (tertiary/aromatic N) is 2. The SMILES string of the molecule is COc1ccccc1NC(=O)CN1CCC(N2CCCCC2)CC1.O=C(O)C(=O)O. The predicted molar refractivity (Wildman–Crippen MR) is 112 cm³/mol. The second-order valence-corrected chi connectivity index (χ2v) is 7.46. The Morgan fingerprint density at radius 3 is 2.17 bits per heavy atom. The zero-order valence-corrected chi connectivity index (χ0v) is 17.4. The quantitative estimate of drug-likeness (QED) is 0.615. The zero-order valence-electron chi connectivity index (χ0n) is 17.4. The average molecular weight is 421 g/mol. The monoisotopic (exact) mass is 421 g/mol. The third kappa shape index (κ3) is 7.64. The van der Waals surface area contributed by atoms with E-state index < -0.39 is 11.9 Å². The number of methoxy groups -OCH3 is 1. The number of anilines is 1. The van der Waals surface area contributed by atoms with Crippen molar-refractivity contribution in [3.63, 3.8) is 0 Å². The highest BCUT2D eigenvalue weighted by atomic mass is 16.5. The molecule has 1 aromatic carbocycles. The first-order valence-corrected chi connectivity index (χ1v) is 10.3. The molecule has 0 radical (unpaired) electrons. The summed E-state index contributed by atoms with van der Waals surface area (Å²) in [5.74, 6) is -2.91. The number of carbonyl (C=O) groups excluding carboxylic acids is 1. The summed E-state index contributed by atoms with van der Waals surface area (Å²) < 4.78 is 5.28. The highest BCUT2D eigenvalue weighted by molar-refractivity contribution is 6.27. The number of carboxylic acids is 2. The Labute approximate surface area is 176 Å². The van der Waals surface area contributed by atoms with E-state index in [2.05, 4.69) is 15.1 Å². The van der Waals surface area contributed by atoms with Crippen LogP contribution in [0.15, 0.2) is 24.3 Å². The highest BCUT2D eigenvalue weighted by Crippen LogP contribution is 2.23. The molecule has 1 amide bonds. The molecule has 2 aliphatic heterocycles. The fourth-order valence-electron chi connectivity index (χ4n) is 3.87. The van der Waals surface area contributed by atoms with Gasteiger partial charge < -0.3 is 25.2 Å². The van der Waals surface area contributed by atoms with E-state index in [4.69, 9.17) is 24.5 Å². The number of ether oxygens (including phenoxy) is 1. The number of hydrogen-bond donors (Lipinski definition) is 3. The van der Waals surface area contributed by atoms with E-state index in [-0.39, 0.29) is 5.91 Å². The summed E-state index contributed by atoms with van der Waals surface area (Å²) in [5, 5.41) is 17.7. The highest BCUT2D eigenvalue weighted by Gasteiger charge is 2.26. The fraction of sp³-hybridized carbons (Fsp3) is 0.571. The second-order valence-electron chi connectivity index (χ2n) is 7.46. The van der Waals surface area contributed by atoms with E-state index in [9.17, 15) is 4.79 Å². The van der Waals surface area contributed by atoms with Gasteiger partial charge in [-0.05, 0) is 50.9 Å². The van der Waals surface area contributed by atoms with E-state index in [0.717, 1.165) is 24.8 Å². The van der Waals surface area contributed by atoms with Crippen molar-refractivity contribution in [2.24, 2.45) is 0 Å². The van der Waals surface area contributed by atoms with Gasteiger partial charge in [-0.3, -0.25) is 9.69 Å². The normalized spacial score (nSPS) is 18.0. The zero-order chi connectivity index (χ0) is 21.9. The summed E-state index contributed by atoms with van der Waals surface area (Å²) in [6.07, 6.45) is 6.45. The van der Waals surface area contributed by atoms with Crippen molar-refractivity contribution in [3.8, 4) is 5.75 Å². The van der Waals surface area contributed by atoms with Gasteiger partial charge in [0.2, 0.25) is 5.91 Å². The van der Waals surface area contributed by atoms with Gasteiger partial charge in [-0.15, -0.1) is 0 Å². The molecule has 2 fully saturated rings. The maximum absolute atomic E-state index is 12.3. The number of carboxylic acid groups (broad SMARTS) is 2. The molecule has 2 heterocycles. The molecule has 30 heavy (non-hydrogen) atoms. The fourth-order valence-corrected chi connectivity index (χ4v) is 3.87. The lowest BCUT2D eigenvalue weighted by Gasteiger charge is -2.40. The lowest BCUT2D eigenvalue weighted by atomic mass is 10.00. The molecule has 0 atom stereocenters. The Bertz CT molecular complexity index is 700. The average Bonchev–Trinajstić information content (AvgIpc) is 2.75. The van der Waals surface area contributed by atoms with Crippen molar-refractivity contribution >= 4 is 23.5 Å². The summed E-state index contributed by atoms with van der Waals surface area (Å²) >= 11 is 0.